The van der Waals surface area contributed by atoms with Crippen molar-refractivity contribution in [3.63, 3.8) is 0 Å². The second-order valence-corrected chi connectivity index (χ2v) is 5.46. The summed E-state index contributed by atoms with van der Waals surface area (Å²) in [7, 11) is 0. The molecule has 1 aromatic heterocycles. The largest absolute Gasteiger partial charge is 0.393 e. The Hall–Kier alpha value is -1.65. The summed E-state index contributed by atoms with van der Waals surface area (Å²) in [5, 5.41) is 4.09. The molecule has 2 nitrogen and oxygen atoms in total. The molecular weight excluding hydrogens is 265 g/mol. The van der Waals surface area contributed by atoms with Gasteiger partial charge in [-0.2, -0.15) is 13.2 Å². The van der Waals surface area contributed by atoms with Crippen LogP contribution in [0.15, 0.2) is 30.5 Å². The fourth-order valence-corrected chi connectivity index (χ4v) is 3.05. The van der Waals surface area contributed by atoms with Crippen LogP contribution >= 0.6 is 0 Å². The maximum absolute atomic E-state index is 13.1. The smallest absolute Gasteiger partial charge is 0.382 e. The van der Waals surface area contributed by atoms with Crippen molar-refractivity contribution in [3.05, 3.63) is 30.5 Å². The van der Waals surface area contributed by atoms with Crippen molar-refractivity contribution in [2.24, 2.45) is 5.92 Å². The van der Waals surface area contributed by atoms with Crippen molar-refractivity contribution in [2.75, 3.05) is 5.32 Å². The number of benzene rings is 1. The zero-order valence-corrected chi connectivity index (χ0v) is 11.0. The average Bonchev–Trinajstić information content (AvgIpc) is 2.85. The van der Waals surface area contributed by atoms with Crippen molar-refractivity contribution in [1.82, 2.24) is 4.98 Å². The summed E-state index contributed by atoms with van der Waals surface area (Å²) in [5.41, 5.74) is 1.75. The van der Waals surface area contributed by atoms with Crippen LogP contribution in [-0.4, -0.2) is 17.2 Å². The first-order valence-corrected chi connectivity index (χ1v) is 6.94. The third-order valence-corrected chi connectivity index (χ3v) is 4.09. The van der Waals surface area contributed by atoms with E-state index in [1.807, 2.05) is 30.5 Å². The third kappa shape index (κ3) is 2.62. The van der Waals surface area contributed by atoms with Gasteiger partial charge in [0.25, 0.3) is 0 Å². The first-order valence-electron chi connectivity index (χ1n) is 6.94. The Labute approximate surface area is 115 Å². The van der Waals surface area contributed by atoms with Crippen molar-refractivity contribution in [1.29, 1.82) is 0 Å². The van der Waals surface area contributed by atoms with E-state index in [9.17, 15) is 13.2 Å². The van der Waals surface area contributed by atoms with Crippen LogP contribution in [0.2, 0.25) is 0 Å². The van der Waals surface area contributed by atoms with Gasteiger partial charge < -0.3 is 10.3 Å². The summed E-state index contributed by atoms with van der Waals surface area (Å²) in [4.78, 5) is 3.08. The lowest BCUT2D eigenvalue weighted by molar-refractivity contribution is -0.184. The Kier molecular flexibility index (Phi) is 3.36. The van der Waals surface area contributed by atoms with E-state index < -0.39 is 18.1 Å². The van der Waals surface area contributed by atoms with Crippen LogP contribution in [0.25, 0.3) is 10.9 Å². The molecule has 0 bridgehead atoms. The van der Waals surface area contributed by atoms with E-state index in [1.165, 1.54) is 0 Å². The van der Waals surface area contributed by atoms with Gasteiger partial charge in [0.2, 0.25) is 0 Å². The van der Waals surface area contributed by atoms with Gasteiger partial charge >= 0.3 is 6.18 Å². The Balaban J connectivity index is 1.80. The van der Waals surface area contributed by atoms with E-state index in [1.54, 1.807) is 0 Å². The monoisotopic (exact) mass is 282 g/mol. The SMILES string of the molecule is FC(F)(F)C1CCCCC1Nc1ccc2[nH]ccc2c1. The number of nitrogens with one attached hydrogen (secondary N) is 2. The summed E-state index contributed by atoms with van der Waals surface area (Å²) in [6.45, 7) is 0. The van der Waals surface area contributed by atoms with E-state index in [4.69, 9.17) is 0 Å². The molecule has 108 valence electrons. The van der Waals surface area contributed by atoms with Gasteiger partial charge in [0.15, 0.2) is 0 Å². The van der Waals surface area contributed by atoms with E-state index >= 15 is 0 Å². The highest BCUT2D eigenvalue weighted by atomic mass is 19.4. The maximum Gasteiger partial charge on any atom is 0.393 e. The van der Waals surface area contributed by atoms with Gasteiger partial charge in [-0.05, 0) is 37.1 Å². The molecule has 1 aromatic carbocycles. The summed E-state index contributed by atoms with van der Waals surface area (Å²) in [5.74, 6) is -1.24. The standard InChI is InChI=1S/C15H17F3N2/c16-15(17,18)12-3-1-2-4-14(12)20-11-5-6-13-10(9-11)7-8-19-13/h5-9,12,14,19-20H,1-4H2. The highest BCUT2D eigenvalue weighted by Gasteiger charge is 2.45. The molecule has 0 saturated heterocycles. The van der Waals surface area contributed by atoms with E-state index in [-0.39, 0.29) is 6.42 Å². The molecular formula is C15H17F3N2. The highest BCUT2D eigenvalue weighted by molar-refractivity contribution is 5.83. The molecule has 2 unspecified atom stereocenters. The van der Waals surface area contributed by atoms with Crippen molar-refractivity contribution >= 4 is 16.6 Å². The van der Waals surface area contributed by atoms with Gasteiger partial charge in [-0.25, -0.2) is 0 Å². The molecule has 0 spiro atoms. The zero-order valence-electron chi connectivity index (χ0n) is 11.0. The highest BCUT2D eigenvalue weighted by Crippen LogP contribution is 2.39. The van der Waals surface area contributed by atoms with Crippen LogP contribution in [0.5, 0.6) is 0 Å². The predicted octanol–water partition coefficient (Wildman–Crippen LogP) is 4.70. The Bertz CT molecular complexity index is 588. The molecule has 20 heavy (non-hydrogen) atoms. The lowest BCUT2D eigenvalue weighted by Gasteiger charge is -2.34. The lowest BCUT2D eigenvalue weighted by atomic mass is 9.84. The zero-order chi connectivity index (χ0) is 14.2. The number of rotatable bonds is 2. The molecule has 1 aliphatic carbocycles. The van der Waals surface area contributed by atoms with E-state index in [0.29, 0.717) is 12.8 Å². The third-order valence-electron chi connectivity index (χ3n) is 4.09. The Morgan fingerprint density at radius 2 is 1.90 bits per heavy atom. The number of hydrogen-bond donors (Lipinski definition) is 2. The molecule has 2 N–H and O–H groups in total. The van der Waals surface area contributed by atoms with Crippen LogP contribution in [0.4, 0.5) is 18.9 Å². The van der Waals surface area contributed by atoms with Crippen LogP contribution in [0.1, 0.15) is 25.7 Å². The van der Waals surface area contributed by atoms with Crippen LogP contribution in [0.3, 0.4) is 0 Å². The first-order chi connectivity index (χ1) is 9.54. The van der Waals surface area contributed by atoms with Crippen molar-refractivity contribution in [3.8, 4) is 0 Å². The maximum atomic E-state index is 13.1. The minimum Gasteiger partial charge on any atom is -0.382 e. The molecule has 1 fully saturated rings. The minimum absolute atomic E-state index is 0.230. The predicted molar refractivity (Wildman–Crippen MR) is 73.7 cm³/mol. The van der Waals surface area contributed by atoms with E-state index in [0.717, 1.165) is 23.0 Å². The van der Waals surface area contributed by atoms with Crippen molar-refractivity contribution < 1.29 is 13.2 Å². The van der Waals surface area contributed by atoms with Gasteiger partial charge in [-0.1, -0.05) is 12.8 Å². The fraction of sp³-hybridized carbons (Fsp3) is 0.467. The molecule has 2 aromatic rings. The first kappa shape index (κ1) is 13.3. The number of hydrogen-bond acceptors (Lipinski definition) is 1. The minimum atomic E-state index is -4.11. The fourth-order valence-electron chi connectivity index (χ4n) is 3.05. The van der Waals surface area contributed by atoms with Crippen molar-refractivity contribution in [2.45, 2.75) is 37.9 Å². The Morgan fingerprint density at radius 3 is 2.70 bits per heavy atom. The number of aromatic nitrogens is 1. The summed E-state index contributed by atoms with van der Waals surface area (Å²) in [6, 6.07) is 7.03. The molecule has 0 amide bonds. The molecule has 1 saturated carbocycles. The van der Waals surface area contributed by atoms with Crippen LogP contribution in [0, 0.1) is 5.92 Å². The normalized spacial score (nSPS) is 23.9. The summed E-state index contributed by atoms with van der Waals surface area (Å²) >= 11 is 0. The van der Waals surface area contributed by atoms with Gasteiger partial charge in [-0.3, -0.25) is 0 Å². The average molecular weight is 282 g/mol. The number of aromatic amines is 1. The molecule has 0 radical (unpaired) electrons. The Morgan fingerprint density at radius 1 is 1.10 bits per heavy atom. The molecule has 5 heteroatoms. The molecule has 0 aliphatic heterocycles. The summed E-state index contributed by atoms with van der Waals surface area (Å²) < 4.78 is 39.2. The molecule has 2 atom stereocenters. The molecule has 3 rings (SSSR count). The van der Waals surface area contributed by atoms with Gasteiger partial charge in [0, 0.05) is 28.8 Å². The molecule has 1 aliphatic rings. The van der Waals surface area contributed by atoms with Crippen LogP contribution < -0.4 is 5.32 Å². The number of H-pyrrole nitrogens is 1. The number of alkyl halides is 3. The second kappa shape index (κ2) is 5.04. The second-order valence-electron chi connectivity index (χ2n) is 5.46. The van der Waals surface area contributed by atoms with Gasteiger partial charge in [-0.15, -0.1) is 0 Å². The van der Waals surface area contributed by atoms with Gasteiger partial charge in [0.05, 0.1) is 5.92 Å². The van der Waals surface area contributed by atoms with Gasteiger partial charge in [0.1, 0.15) is 0 Å². The quantitative estimate of drug-likeness (QED) is 0.821. The topological polar surface area (TPSA) is 27.8 Å². The lowest BCUT2D eigenvalue weighted by Crippen LogP contribution is -2.41. The van der Waals surface area contributed by atoms with E-state index in [2.05, 4.69) is 10.3 Å². The van der Waals surface area contributed by atoms with Crippen LogP contribution in [-0.2, 0) is 0 Å². The molecule has 1 heterocycles. The number of fused-ring (bicyclic) bond motifs is 1. The number of halogens is 3. The number of anilines is 1. The summed E-state index contributed by atoms with van der Waals surface area (Å²) in [6.07, 6.45) is 0.0443.